The van der Waals surface area contributed by atoms with Crippen LogP contribution in [0.25, 0.3) is 0 Å². The van der Waals surface area contributed by atoms with E-state index in [1.807, 2.05) is 17.9 Å². The lowest BCUT2D eigenvalue weighted by molar-refractivity contribution is -0.119. The van der Waals surface area contributed by atoms with E-state index in [0.717, 1.165) is 36.2 Å². The molecule has 2 aromatic rings. The molecule has 0 aliphatic carbocycles. The summed E-state index contributed by atoms with van der Waals surface area (Å²) in [5.74, 6) is 0.605. The average Bonchev–Trinajstić information content (AvgIpc) is 2.93. The molecule has 7 nitrogen and oxygen atoms in total. The summed E-state index contributed by atoms with van der Waals surface area (Å²) in [7, 11) is -0.876. The van der Waals surface area contributed by atoms with Crippen LogP contribution < -0.4 is 19.1 Å². The van der Waals surface area contributed by atoms with Crippen LogP contribution >= 0.6 is 0 Å². The second kappa shape index (κ2) is 6.70. The summed E-state index contributed by atoms with van der Waals surface area (Å²) in [6.45, 7) is 2.59. The maximum Gasteiger partial charge on any atom is 0.262 e. The summed E-state index contributed by atoms with van der Waals surface area (Å²) in [4.78, 5) is 14.4. The molecule has 4 rings (SSSR count). The number of methoxy groups -OCH3 is 2. The number of ether oxygens (including phenoxy) is 2. The summed E-state index contributed by atoms with van der Waals surface area (Å²) in [6, 6.07) is 8.04. The fourth-order valence-corrected chi connectivity index (χ4v) is 5.01. The Hall–Kier alpha value is -2.74. The summed E-state index contributed by atoms with van der Waals surface area (Å²) in [5, 5.41) is 0. The molecule has 1 atom stereocenters. The van der Waals surface area contributed by atoms with Crippen LogP contribution in [0.5, 0.6) is 11.5 Å². The molecule has 0 saturated heterocycles. The van der Waals surface area contributed by atoms with E-state index in [9.17, 15) is 13.2 Å². The molecular formula is C20H22N2O5S. The van der Waals surface area contributed by atoms with Gasteiger partial charge in [0.1, 0.15) is 0 Å². The van der Waals surface area contributed by atoms with Gasteiger partial charge in [0.05, 0.1) is 30.7 Å². The predicted molar refractivity (Wildman–Crippen MR) is 106 cm³/mol. The number of nitrogens with one attached hydrogen (secondary N) is 1. The summed E-state index contributed by atoms with van der Waals surface area (Å²) in [5.41, 5.74) is 3.31. The zero-order valence-corrected chi connectivity index (χ0v) is 16.8. The van der Waals surface area contributed by atoms with Gasteiger partial charge in [0, 0.05) is 18.3 Å². The molecule has 2 aromatic carbocycles. The highest BCUT2D eigenvalue weighted by Gasteiger charge is 2.38. The Morgan fingerprint density at radius 2 is 1.86 bits per heavy atom. The number of rotatable bonds is 5. The van der Waals surface area contributed by atoms with Crippen molar-refractivity contribution < 1.29 is 22.7 Å². The van der Waals surface area contributed by atoms with Gasteiger partial charge >= 0.3 is 0 Å². The molecule has 28 heavy (non-hydrogen) atoms. The van der Waals surface area contributed by atoms with E-state index < -0.39 is 10.0 Å². The highest BCUT2D eigenvalue weighted by atomic mass is 32.2. The number of anilines is 2. The van der Waals surface area contributed by atoms with Gasteiger partial charge in [-0.3, -0.25) is 9.52 Å². The summed E-state index contributed by atoms with van der Waals surface area (Å²) in [6.07, 6.45) is 1.70. The summed E-state index contributed by atoms with van der Waals surface area (Å²) < 4.78 is 38.8. The van der Waals surface area contributed by atoms with Crippen molar-refractivity contribution in [2.75, 3.05) is 30.4 Å². The minimum absolute atomic E-state index is 0.0741. The molecule has 148 valence electrons. The second-order valence-electron chi connectivity index (χ2n) is 7.01. The molecule has 0 radical (unpaired) electrons. The molecule has 0 bridgehead atoms. The molecule has 0 fully saturated rings. The van der Waals surface area contributed by atoms with Crippen molar-refractivity contribution in [1.29, 1.82) is 0 Å². The molecule has 1 N–H and O–H groups in total. The molecule has 0 aromatic heterocycles. The van der Waals surface area contributed by atoms with Crippen molar-refractivity contribution in [1.82, 2.24) is 0 Å². The monoisotopic (exact) mass is 402 g/mol. The molecule has 0 unspecified atom stereocenters. The lowest BCUT2D eigenvalue weighted by Crippen LogP contribution is -2.32. The Morgan fingerprint density at radius 1 is 1.11 bits per heavy atom. The number of benzene rings is 2. The third kappa shape index (κ3) is 2.88. The van der Waals surface area contributed by atoms with Crippen LogP contribution in [-0.2, 0) is 21.2 Å². The van der Waals surface area contributed by atoms with Gasteiger partial charge in [-0.05, 0) is 55.2 Å². The van der Waals surface area contributed by atoms with Crippen LogP contribution in [0, 0.1) is 0 Å². The molecule has 2 aliphatic rings. The molecular weight excluding hydrogens is 380 g/mol. The molecule has 0 saturated carbocycles. The normalized spacial score (nSPS) is 18.0. The smallest absolute Gasteiger partial charge is 0.262 e. The Bertz CT molecular complexity index is 1060. The van der Waals surface area contributed by atoms with E-state index in [1.54, 1.807) is 12.1 Å². The molecule has 2 aliphatic heterocycles. The van der Waals surface area contributed by atoms with Gasteiger partial charge in [0.2, 0.25) is 5.91 Å². The first-order valence-corrected chi connectivity index (χ1v) is 10.6. The van der Waals surface area contributed by atoms with Crippen LogP contribution in [0.1, 0.15) is 30.4 Å². The Labute approximate surface area is 164 Å². The zero-order chi connectivity index (χ0) is 20.1. The third-order valence-corrected chi connectivity index (χ3v) is 6.72. The van der Waals surface area contributed by atoms with Crippen molar-refractivity contribution in [2.45, 2.75) is 30.6 Å². The van der Waals surface area contributed by atoms with Crippen LogP contribution in [0.2, 0.25) is 0 Å². The van der Waals surface area contributed by atoms with E-state index in [2.05, 4.69) is 4.72 Å². The Kier molecular flexibility index (Phi) is 4.45. The number of nitrogens with zero attached hydrogens (tertiary/aromatic N) is 1. The lowest BCUT2D eigenvalue weighted by atomic mass is 9.96. The number of aryl methyl sites for hydroxylation is 1. The van der Waals surface area contributed by atoms with Gasteiger partial charge in [-0.1, -0.05) is 0 Å². The number of hydrogen-bond acceptors (Lipinski definition) is 5. The van der Waals surface area contributed by atoms with Gasteiger partial charge in [-0.2, -0.15) is 0 Å². The van der Waals surface area contributed by atoms with E-state index in [0.29, 0.717) is 17.2 Å². The first-order valence-electron chi connectivity index (χ1n) is 9.08. The molecule has 8 heteroatoms. The van der Waals surface area contributed by atoms with Crippen LogP contribution in [-0.4, -0.2) is 35.1 Å². The fourth-order valence-electron chi connectivity index (χ4n) is 3.95. The van der Waals surface area contributed by atoms with Gasteiger partial charge in [-0.25, -0.2) is 8.42 Å². The summed E-state index contributed by atoms with van der Waals surface area (Å²) >= 11 is 0. The quantitative estimate of drug-likeness (QED) is 0.831. The topological polar surface area (TPSA) is 84.9 Å². The average molecular weight is 402 g/mol. The number of amides is 1. The highest BCUT2D eigenvalue weighted by molar-refractivity contribution is 7.92. The van der Waals surface area contributed by atoms with E-state index in [4.69, 9.17) is 9.47 Å². The van der Waals surface area contributed by atoms with E-state index >= 15 is 0 Å². The van der Waals surface area contributed by atoms with Gasteiger partial charge in [0.15, 0.2) is 11.5 Å². The number of hydrogen-bond donors (Lipinski definition) is 1. The minimum Gasteiger partial charge on any atom is -0.493 e. The maximum absolute atomic E-state index is 12.9. The predicted octanol–water partition coefficient (Wildman–Crippen LogP) is 2.90. The highest BCUT2D eigenvalue weighted by Crippen LogP contribution is 2.44. The SMILES string of the molecule is COc1ccc(S(=O)(=O)Nc2cc3c4c(c2)[C@H](C)C(=O)N4CCC3)cc1OC. The van der Waals surface area contributed by atoms with Gasteiger partial charge < -0.3 is 14.4 Å². The van der Waals surface area contributed by atoms with Crippen molar-refractivity contribution >= 4 is 27.3 Å². The number of carbonyl (C=O) groups excluding carboxylic acids is 1. The lowest BCUT2D eigenvalue weighted by Gasteiger charge is -2.26. The standard InChI is InChI=1S/C20H22N2O5S/c1-12-16-10-14(9-13-5-4-8-22(19(13)16)20(12)23)21-28(24,25)15-6-7-17(26-2)18(11-15)27-3/h6-7,9-12,21H,4-5,8H2,1-3H3/t12-/m0/s1. The molecule has 2 heterocycles. The van der Waals surface area contributed by atoms with Crippen molar-refractivity contribution in [2.24, 2.45) is 0 Å². The first-order chi connectivity index (χ1) is 13.4. The van der Waals surface area contributed by atoms with E-state index in [-0.39, 0.29) is 16.7 Å². The largest absolute Gasteiger partial charge is 0.493 e. The fraction of sp³-hybridized carbons (Fsp3) is 0.350. The second-order valence-corrected chi connectivity index (χ2v) is 8.69. The number of sulfonamides is 1. The minimum atomic E-state index is -3.82. The first kappa shape index (κ1) is 18.6. The van der Waals surface area contributed by atoms with Crippen LogP contribution in [0.4, 0.5) is 11.4 Å². The van der Waals surface area contributed by atoms with Gasteiger partial charge in [0.25, 0.3) is 10.0 Å². The third-order valence-electron chi connectivity index (χ3n) is 5.34. The van der Waals surface area contributed by atoms with Gasteiger partial charge in [-0.15, -0.1) is 0 Å². The molecule has 0 spiro atoms. The van der Waals surface area contributed by atoms with Crippen molar-refractivity contribution in [3.8, 4) is 11.5 Å². The molecule has 1 amide bonds. The Morgan fingerprint density at radius 3 is 2.57 bits per heavy atom. The van der Waals surface area contributed by atoms with Crippen LogP contribution in [0.3, 0.4) is 0 Å². The van der Waals surface area contributed by atoms with Crippen LogP contribution in [0.15, 0.2) is 35.2 Å². The van der Waals surface area contributed by atoms with Crippen molar-refractivity contribution in [3.63, 3.8) is 0 Å². The zero-order valence-electron chi connectivity index (χ0n) is 16.0. The van der Waals surface area contributed by atoms with Crippen molar-refractivity contribution in [3.05, 3.63) is 41.5 Å². The Balaban J connectivity index is 1.71. The number of carbonyl (C=O) groups is 1. The maximum atomic E-state index is 12.9. The van der Waals surface area contributed by atoms with E-state index in [1.165, 1.54) is 26.4 Å².